The van der Waals surface area contributed by atoms with Crippen LogP contribution in [-0.4, -0.2) is 38.2 Å². The molecule has 0 bridgehead atoms. The molecule has 0 aromatic heterocycles. The maximum Gasteiger partial charge on any atom is 0.335 e. The third kappa shape index (κ3) is 11.3. The quantitative estimate of drug-likeness (QED) is 0.204. The fourth-order valence-electron chi connectivity index (χ4n) is 1.58. The van der Waals surface area contributed by atoms with Crippen molar-refractivity contribution in [2.45, 2.75) is 27.1 Å². The van der Waals surface area contributed by atoms with Crippen molar-refractivity contribution >= 4 is 17.9 Å². The summed E-state index contributed by atoms with van der Waals surface area (Å²) in [5.74, 6) is -1.43. The largest absolute Gasteiger partial charge is 0.459 e. The summed E-state index contributed by atoms with van der Waals surface area (Å²) in [5, 5.41) is 0. The van der Waals surface area contributed by atoms with Gasteiger partial charge >= 0.3 is 17.9 Å². The number of ether oxygens (including phenoxy) is 4. The lowest BCUT2D eigenvalue weighted by molar-refractivity contribution is -0.170. The highest BCUT2D eigenvalue weighted by Crippen LogP contribution is 2.18. The Kier molecular flexibility index (Phi) is 12.4. The molecule has 0 aliphatic rings. The molecule has 0 saturated carbocycles. The Morgan fingerprint density at radius 2 is 1.21 bits per heavy atom. The summed E-state index contributed by atoms with van der Waals surface area (Å²) in [7, 11) is 1.49. The molecule has 0 amide bonds. The van der Waals surface area contributed by atoms with E-state index in [0.29, 0.717) is 16.7 Å². The van der Waals surface area contributed by atoms with E-state index in [1.54, 1.807) is 20.8 Å². The normalized spacial score (nSPS) is 10.5. The third-order valence-corrected chi connectivity index (χ3v) is 3.09. The minimum atomic E-state index is -0.671. The summed E-state index contributed by atoms with van der Waals surface area (Å²) in [6.07, 6.45) is -0.671. The number of carbonyl (C=O) groups excluding carboxylic acids is 3. The first-order valence-electron chi connectivity index (χ1n) is 8.69. The van der Waals surface area contributed by atoms with Gasteiger partial charge in [-0.2, -0.15) is 0 Å². The molecule has 0 spiro atoms. The molecule has 1 aromatic rings. The van der Waals surface area contributed by atoms with Gasteiger partial charge in [-0.3, -0.25) is 0 Å². The zero-order valence-corrected chi connectivity index (χ0v) is 17.4. The number of methoxy groups -OCH3 is 1. The zero-order valence-electron chi connectivity index (χ0n) is 17.4. The van der Waals surface area contributed by atoms with Crippen molar-refractivity contribution in [3.05, 3.63) is 72.4 Å². The van der Waals surface area contributed by atoms with Crippen LogP contribution in [0.1, 0.15) is 32.6 Å². The fraction of sp³-hybridized carbons (Fsp3) is 0.318. The second-order valence-corrected chi connectivity index (χ2v) is 6.00. The summed E-state index contributed by atoms with van der Waals surface area (Å²) >= 11 is 0. The lowest BCUT2D eigenvalue weighted by Gasteiger charge is -2.16. The van der Waals surface area contributed by atoms with E-state index in [2.05, 4.69) is 29.2 Å². The van der Waals surface area contributed by atoms with Gasteiger partial charge in [0.15, 0.2) is 0 Å². The second-order valence-electron chi connectivity index (χ2n) is 6.00. The van der Waals surface area contributed by atoms with Crippen LogP contribution in [0.4, 0.5) is 0 Å². The summed E-state index contributed by atoms with van der Waals surface area (Å²) in [5.41, 5.74) is 1.79. The standard InChI is InChI=1S/C12H14O3.C10H14O4/c1-9(2)11(13)15-12(14-3)10-7-5-4-6-8-10;1-7(2)9(11)13-5-6-14-10(12)8(3)4/h4-8,12H,1H2,2-3H3;1,3,5-6H2,2,4H3. The Balaban J connectivity index is 0.000000543. The SMILES string of the molecule is C=C(C)C(=O)OC(OC)c1ccccc1.C=C(C)C(=O)OCCOC(=O)C(=C)C. The molecule has 0 aliphatic heterocycles. The molecule has 0 N–H and O–H groups in total. The highest BCUT2D eigenvalue weighted by molar-refractivity contribution is 5.88. The first kappa shape index (κ1) is 25.8. The lowest BCUT2D eigenvalue weighted by Crippen LogP contribution is -2.14. The van der Waals surface area contributed by atoms with Crippen LogP contribution < -0.4 is 0 Å². The van der Waals surface area contributed by atoms with Gasteiger partial charge in [-0.05, 0) is 20.8 Å². The van der Waals surface area contributed by atoms with E-state index in [4.69, 9.17) is 9.47 Å². The van der Waals surface area contributed by atoms with Gasteiger partial charge in [-0.25, -0.2) is 14.4 Å². The van der Waals surface area contributed by atoms with Gasteiger partial charge in [0.05, 0.1) is 0 Å². The van der Waals surface area contributed by atoms with Crippen LogP contribution in [0.5, 0.6) is 0 Å². The van der Waals surface area contributed by atoms with Gasteiger partial charge in [0.1, 0.15) is 13.2 Å². The van der Waals surface area contributed by atoms with Gasteiger partial charge in [-0.1, -0.05) is 50.1 Å². The summed E-state index contributed by atoms with van der Waals surface area (Å²) in [6, 6.07) is 9.27. The maximum atomic E-state index is 11.3. The Morgan fingerprint density at radius 1 is 0.793 bits per heavy atom. The van der Waals surface area contributed by atoms with Crippen LogP contribution in [0.25, 0.3) is 0 Å². The van der Waals surface area contributed by atoms with Crippen molar-refractivity contribution in [2.75, 3.05) is 20.3 Å². The van der Waals surface area contributed by atoms with Crippen molar-refractivity contribution in [3.8, 4) is 0 Å². The first-order valence-corrected chi connectivity index (χ1v) is 8.69. The maximum absolute atomic E-state index is 11.3. The highest BCUT2D eigenvalue weighted by Gasteiger charge is 2.15. The summed E-state index contributed by atoms with van der Waals surface area (Å²) in [4.78, 5) is 33.0. The topological polar surface area (TPSA) is 88.1 Å². The molecule has 0 saturated heterocycles. The first-order chi connectivity index (χ1) is 13.6. The van der Waals surface area contributed by atoms with E-state index >= 15 is 0 Å². The smallest absolute Gasteiger partial charge is 0.335 e. The van der Waals surface area contributed by atoms with Crippen LogP contribution in [0.2, 0.25) is 0 Å². The molecule has 7 nitrogen and oxygen atoms in total. The van der Waals surface area contributed by atoms with Crippen LogP contribution in [0, 0.1) is 0 Å². The average Bonchev–Trinajstić information content (AvgIpc) is 2.69. The van der Waals surface area contributed by atoms with E-state index in [1.807, 2.05) is 30.3 Å². The van der Waals surface area contributed by atoms with Crippen molar-refractivity contribution in [2.24, 2.45) is 0 Å². The zero-order chi connectivity index (χ0) is 22.4. The number of hydrogen-bond donors (Lipinski definition) is 0. The molecule has 1 unspecified atom stereocenters. The van der Waals surface area contributed by atoms with Gasteiger partial charge in [0, 0.05) is 29.4 Å². The summed E-state index contributed by atoms with van der Waals surface area (Å²) < 4.78 is 19.5. The fourth-order valence-corrected chi connectivity index (χ4v) is 1.58. The van der Waals surface area contributed by atoms with E-state index in [-0.39, 0.29) is 13.2 Å². The van der Waals surface area contributed by atoms with Crippen molar-refractivity contribution in [1.29, 1.82) is 0 Å². The lowest BCUT2D eigenvalue weighted by atomic mass is 10.2. The van der Waals surface area contributed by atoms with Crippen molar-refractivity contribution in [1.82, 2.24) is 0 Å². The number of rotatable bonds is 9. The molecule has 0 aliphatic carbocycles. The number of esters is 3. The van der Waals surface area contributed by atoms with Crippen molar-refractivity contribution in [3.63, 3.8) is 0 Å². The number of carbonyl (C=O) groups is 3. The summed E-state index contributed by atoms with van der Waals surface area (Å²) in [6.45, 7) is 15.1. The Hall–Kier alpha value is -3.19. The molecule has 0 fully saturated rings. The van der Waals surface area contributed by atoms with Gasteiger partial charge in [0.25, 0.3) is 0 Å². The van der Waals surface area contributed by atoms with Crippen LogP contribution >= 0.6 is 0 Å². The average molecular weight is 404 g/mol. The van der Waals surface area contributed by atoms with Gasteiger partial charge in [-0.15, -0.1) is 0 Å². The molecule has 0 radical (unpaired) electrons. The van der Waals surface area contributed by atoms with E-state index in [0.717, 1.165) is 5.56 Å². The molecule has 29 heavy (non-hydrogen) atoms. The number of benzene rings is 1. The molecule has 1 atom stereocenters. The molecule has 1 rings (SSSR count). The Bertz CT molecular complexity index is 707. The molecule has 7 heteroatoms. The molecular weight excluding hydrogens is 376 g/mol. The predicted octanol–water partition coefficient (Wildman–Crippen LogP) is 3.68. The van der Waals surface area contributed by atoms with E-state index < -0.39 is 24.2 Å². The third-order valence-electron chi connectivity index (χ3n) is 3.09. The monoisotopic (exact) mass is 404 g/mol. The van der Waals surface area contributed by atoms with E-state index in [1.165, 1.54) is 7.11 Å². The van der Waals surface area contributed by atoms with Gasteiger partial charge in [0.2, 0.25) is 6.29 Å². The number of hydrogen-bond acceptors (Lipinski definition) is 7. The predicted molar refractivity (Wildman–Crippen MR) is 109 cm³/mol. The molecular formula is C22H28O7. The molecule has 1 aromatic carbocycles. The minimum Gasteiger partial charge on any atom is -0.459 e. The van der Waals surface area contributed by atoms with Crippen LogP contribution in [0.3, 0.4) is 0 Å². The Labute approximate surface area is 171 Å². The highest BCUT2D eigenvalue weighted by atomic mass is 16.7. The van der Waals surface area contributed by atoms with E-state index in [9.17, 15) is 14.4 Å². The Morgan fingerprint density at radius 3 is 1.55 bits per heavy atom. The van der Waals surface area contributed by atoms with Gasteiger partial charge < -0.3 is 18.9 Å². The van der Waals surface area contributed by atoms with Crippen LogP contribution in [-0.2, 0) is 33.3 Å². The minimum absolute atomic E-state index is 0.0325. The second kappa shape index (κ2) is 13.9. The van der Waals surface area contributed by atoms with Crippen molar-refractivity contribution < 1.29 is 33.3 Å². The van der Waals surface area contributed by atoms with Crippen LogP contribution in [0.15, 0.2) is 66.8 Å². The molecule has 0 heterocycles. The molecule has 158 valence electrons.